The van der Waals surface area contributed by atoms with Gasteiger partial charge in [-0.1, -0.05) is 23.7 Å². The molecule has 0 fully saturated rings. The fraction of sp³-hybridized carbons (Fsp3) is 0.0714. The molecule has 2 heterocycles. The van der Waals surface area contributed by atoms with Gasteiger partial charge in [0.05, 0.1) is 5.56 Å². The number of rotatable bonds is 2. The third kappa shape index (κ3) is 2.28. The standard InChI is InChI=1S/C14H9ClN4/c15-12-5-3-10(4-6-12)8-13-17-14-11(9-16)2-1-7-19(14)18-13/h1-7H,8H2. The van der Waals surface area contributed by atoms with Crippen LogP contribution in [0.25, 0.3) is 5.65 Å². The largest absolute Gasteiger partial charge is 0.219 e. The van der Waals surface area contributed by atoms with Crippen molar-refractivity contribution in [1.82, 2.24) is 14.6 Å². The molecular weight excluding hydrogens is 260 g/mol. The maximum absolute atomic E-state index is 9.02. The van der Waals surface area contributed by atoms with Gasteiger partial charge in [-0.25, -0.2) is 9.50 Å². The molecule has 4 nitrogen and oxygen atoms in total. The van der Waals surface area contributed by atoms with Crippen molar-refractivity contribution in [3.05, 3.63) is 64.6 Å². The fourth-order valence-corrected chi connectivity index (χ4v) is 2.02. The van der Waals surface area contributed by atoms with Gasteiger partial charge >= 0.3 is 0 Å². The van der Waals surface area contributed by atoms with Gasteiger partial charge in [0.1, 0.15) is 6.07 Å². The second-order valence-corrected chi connectivity index (χ2v) is 4.57. The smallest absolute Gasteiger partial charge is 0.173 e. The van der Waals surface area contributed by atoms with Crippen LogP contribution in [0.5, 0.6) is 0 Å². The molecule has 0 saturated carbocycles. The first kappa shape index (κ1) is 11.7. The second-order valence-electron chi connectivity index (χ2n) is 4.13. The van der Waals surface area contributed by atoms with E-state index < -0.39 is 0 Å². The average Bonchev–Trinajstić information content (AvgIpc) is 2.83. The maximum Gasteiger partial charge on any atom is 0.173 e. The molecule has 2 aromatic heterocycles. The summed E-state index contributed by atoms with van der Waals surface area (Å²) in [5.74, 6) is 0.685. The Morgan fingerprint density at radius 3 is 2.74 bits per heavy atom. The quantitative estimate of drug-likeness (QED) is 0.718. The van der Waals surface area contributed by atoms with Crippen molar-refractivity contribution in [2.45, 2.75) is 6.42 Å². The third-order valence-electron chi connectivity index (χ3n) is 2.80. The summed E-state index contributed by atoms with van der Waals surface area (Å²) in [6.45, 7) is 0. The summed E-state index contributed by atoms with van der Waals surface area (Å²) in [7, 11) is 0. The van der Waals surface area contributed by atoms with Crippen LogP contribution < -0.4 is 0 Å². The van der Waals surface area contributed by atoms with Crippen molar-refractivity contribution in [2.24, 2.45) is 0 Å². The normalized spacial score (nSPS) is 10.5. The molecule has 0 spiro atoms. The van der Waals surface area contributed by atoms with E-state index in [-0.39, 0.29) is 0 Å². The van der Waals surface area contributed by atoms with E-state index in [0.29, 0.717) is 28.5 Å². The lowest BCUT2D eigenvalue weighted by Gasteiger charge is -1.96. The van der Waals surface area contributed by atoms with E-state index >= 15 is 0 Å². The van der Waals surface area contributed by atoms with E-state index in [2.05, 4.69) is 16.2 Å². The van der Waals surface area contributed by atoms with Crippen LogP contribution in [0.2, 0.25) is 5.02 Å². The molecule has 19 heavy (non-hydrogen) atoms. The van der Waals surface area contributed by atoms with Gasteiger partial charge in [0.2, 0.25) is 0 Å². The topological polar surface area (TPSA) is 54.0 Å². The molecule has 0 radical (unpaired) electrons. The molecule has 0 bridgehead atoms. The highest BCUT2D eigenvalue weighted by atomic mass is 35.5. The lowest BCUT2D eigenvalue weighted by Crippen LogP contribution is -1.91. The predicted octanol–water partition coefficient (Wildman–Crippen LogP) is 2.85. The van der Waals surface area contributed by atoms with Gasteiger partial charge in [-0.2, -0.15) is 10.4 Å². The lowest BCUT2D eigenvalue weighted by molar-refractivity contribution is 0.899. The fourth-order valence-electron chi connectivity index (χ4n) is 1.90. The monoisotopic (exact) mass is 268 g/mol. The zero-order valence-electron chi connectivity index (χ0n) is 9.92. The molecule has 92 valence electrons. The Hall–Kier alpha value is -2.38. The Balaban J connectivity index is 1.98. The van der Waals surface area contributed by atoms with Gasteiger partial charge in [-0.3, -0.25) is 0 Å². The van der Waals surface area contributed by atoms with Crippen LogP contribution in [0, 0.1) is 11.3 Å². The van der Waals surface area contributed by atoms with Gasteiger partial charge in [0.15, 0.2) is 11.5 Å². The molecule has 3 rings (SSSR count). The van der Waals surface area contributed by atoms with Gasteiger partial charge in [-0.15, -0.1) is 0 Å². The minimum Gasteiger partial charge on any atom is -0.219 e. The van der Waals surface area contributed by atoms with E-state index in [9.17, 15) is 0 Å². The summed E-state index contributed by atoms with van der Waals surface area (Å²) in [4.78, 5) is 4.40. The van der Waals surface area contributed by atoms with Crippen LogP contribution in [0.3, 0.4) is 0 Å². The molecule has 0 unspecified atom stereocenters. The van der Waals surface area contributed by atoms with Crippen molar-refractivity contribution in [1.29, 1.82) is 5.26 Å². The van der Waals surface area contributed by atoms with Crippen LogP contribution in [-0.4, -0.2) is 14.6 Å². The molecule has 0 aliphatic heterocycles. The molecule has 0 aliphatic rings. The highest BCUT2D eigenvalue weighted by Gasteiger charge is 2.08. The van der Waals surface area contributed by atoms with E-state index in [4.69, 9.17) is 16.9 Å². The van der Waals surface area contributed by atoms with Gasteiger partial charge in [0, 0.05) is 17.6 Å². The van der Waals surface area contributed by atoms with Crippen LogP contribution in [-0.2, 0) is 6.42 Å². The average molecular weight is 269 g/mol. The van der Waals surface area contributed by atoms with Gasteiger partial charge < -0.3 is 0 Å². The van der Waals surface area contributed by atoms with E-state index in [1.165, 1.54) is 0 Å². The van der Waals surface area contributed by atoms with Crippen molar-refractivity contribution in [3.8, 4) is 6.07 Å². The molecule has 1 aromatic carbocycles. The number of halogens is 1. The van der Waals surface area contributed by atoms with Crippen LogP contribution in [0.1, 0.15) is 17.0 Å². The first-order valence-corrected chi connectivity index (χ1v) is 6.13. The summed E-state index contributed by atoms with van der Waals surface area (Å²) in [6, 6.07) is 13.2. The molecule has 0 N–H and O–H groups in total. The molecular formula is C14H9ClN4. The Morgan fingerprint density at radius 2 is 2.00 bits per heavy atom. The minimum atomic E-state index is 0.525. The molecule has 5 heteroatoms. The first-order chi connectivity index (χ1) is 9.26. The van der Waals surface area contributed by atoms with E-state index in [1.807, 2.05) is 24.3 Å². The molecule has 0 aliphatic carbocycles. The number of aromatic nitrogens is 3. The molecule has 3 aromatic rings. The van der Waals surface area contributed by atoms with Crippen LogP contribution in [0.4, 0.5) is 0 Å². The minimum absolute atomic E-state index is 0.525. The van der Waals surface area contributed by atoms with Crippen LogP contribution >= 0.6 is 11.6 Å². The maximum atomic E-state index is 9.02. The number of nitriles is 1. The molecule has 0 saturated heterocycles. The van der Waals surface area contributed by atoms with E-state index in [0.717, 1.165) is 5.56 Å². The van der Waals surface area contributed by atoms with E-state index in [1.54, 1.807) is 22.8 Å². The number of benzene rings is 1. The van der Waals surface area contributed by atoms with Crippen molar-refractivity contribution < 1.29 is 0 Å². The summed E-state index contributed by atoms with van der Waals surface area (Å²) >= 11 is 5.85. The predicted molar refractivity (Wildman–Crippen MR) is 72.0 cm³/mol. The van der Waals surface area contributed by atoms with Gasteiger partial charge in [-0.05, 0) is 29.8 Å². The summed E-state index contributed by atoms with van der Waals surface area (Å²) in [5.41, 5.74) is 2.20. The highest BCUT2D eigenvalue weighted by molar-refractivity contribution is 6.30. The summed E-state index contributed by atoms with van der Waals surface area (Å²) in [5, 5.41) is 14.1. The number of fused-ring (bicyclic) bond motifs is 1. The number of hydrogen-bond acceptors (Lipinski definition) is 3. The third-order valence-corrected chi connectivity index (χ3v) is 3.05. The zero-order valence-corrected chi connectivity index (χ0v) is 10.7. The number of pyridine rings is 1. The van der Waals surface area contributed by atoms with Gasteiger partial charge in [0.25, 0.3) is 0 Å². The number of nitrogens with zero attached hydrogens (tertiary/aromatic N) is 4. The highest BCUT2D eigenvalue weighted by Crippen LogP contribution is 2.13. The van der Waals surface area contributed by atoms with Crippen molar-refractivity contribution in [2.75, 3.05) is 0 Å². The van der Waals surface area contributed by atoms with Crippen molar-refractivity contribution >= 4 is 17.2 Å². The second kappa shape index (κ2) is 4.71. The summed E-state index contributed by atoms with van der Waals surface area (Å²) in [6.07, 6.45) is 2.40. The SMILES string of the molecule is N#Cc1cccn2nc(Cc3ccc(Cl)cc3)nc12. The molecule has 0 atom stereocenters. The zero-order chi connectivity index (χ0) is 13.2. The number of hydrogen-bond donors (Lipinski definition) is 0. The first-order valence-electron chi connectivity index (χ1n) is 5.75. The molecule has 0 amide bonds. The Labute approximate surface area is 114 Å². The summed E-state index contributed by atoms with van der Waals surface area (Å²) < 4.78 is 1.63. The lowest BCUT2D eigenvalue weighted by atomic mass is 10.1. The Morgan fingerprint density at radius 1 is 1.21 bits per heavy atom. The van der Waals surface area contributed by atoms with Crippen LogP contribution in [0.15, 0.2) is 42.6 Å². The Kier molecular flexibility index (Phi) is 2.90. The van der Waals surface area contributed by atoms with Crippen molar-refractivity contribution in [3.63, 3.8) is 0 Å². The Bertz CT molecular complexity index is 768.